The second-order valence-corrected chi connectivity index (χ2v) is 3.48. The number of urea groups is 1. The highest BCUT2D eigenvalue weighted by molar-refractivity contribution is 5.81. The van der Waals surface area contributed by atoms with Gasteiger partial charge in [-0.05, 0) is 12.1 Å². The zero-order chi connectivity index (χ0) is 12.8. The Bertz CT molecular complexity index is 534. The van der Waals surface area contributed by atoms with E-state index in [1.165, 1.54) is 0 Å². The number of hydrogen-bond acceptors (Lipinski definition) is 2. The van der Waals surface area contributed by atoms with Crippen LogP contribution in [0.2, 0.25) is 0 Å². The molecule has 0 fully saturated rings. The number of aromatic nitrogens is 2. The van der Waals surface area contributed by atoms with Gasteiger partial charge in [-0.2, -0.15) is 5.32 Å². The third kappa shape index (κ3) is 2.76. The second kappa shape index (κ2) is 5.67. The maximum absolute atomic E-state index is 11.5. The van der Waals surface area contributed by atoms with Crippen LogP contribution in [0, 0.1) is 0 Å². The molecule has 2 rings (SSSR count). The lowest BCUT2D eigenvalue weighted by Crippen LogP contribution is -2.22. The Morgan fingerprint density at radius 2 is 2.28 bits per heavy atom. The van der Waals surface area contributed by atoms with Crippen LogP contribution < -0.4 is 10.6 Å². The molecule has 1 aromatic carbocycles. The zero-order valence-electron chi connectivity index (χ0n) is 9.73. The van der Waals surface area contributed by atoms with Crippen molar-refractivity contribution in [1.82, 2.24) is 20.2 Å². The number of carbonyl (C=O) groups excluding carboxylic acids is 1. The quantitative estimate of drug-likeness (QED) is 0.767. The van der Waals surface area contributed by atoms with Gasteiger partial charge in [-0.25, -0.2) is 15.1 Å². The summed E-state index contributed by atoms with van der Waals surface area (Å²) in [5.74, 6) is 0. The molecule has 0 atom stereocenters. The summed E-state index contributed by atoms with van der Waals surface area (Å²) in [5, 5.41) is 7.66. The first-order valence-corrected chi connectivity index (χ1v) is 5.42. The van der Waals surface area contributed by atoms with E-state index >= 15 is 0 Å². The third-order valence-electron chi connectivity index (χ3n) is 2.24. The molecule has 5 heteroatoms. The van der Waals surface area contributed by atoms with Crippen LogP contribution in [0.25, 0.3) is 5.69 Å². The van der Waals surface area contributed by atoms with E-state index in [0.717, 1.165) is 5.69 Å². The number of amides is 2. The summed E-state index contributed by atoms with van der Waals surface area (Å²) in [6, 6.07) is 6.81. The van der Waals surface area contributed by atoms with Crippen molar-refractivity contribution in [2.45, 2.75) is 0 Å². The van der Waals surface area contributed by atoms with Crippen LogP contribution in [0.4, 0.5) is 10.5 Å². The molecule has 0 spiro atoms. The summed E-state index contributed by atoms with van der Waals surface area (Å²) in [6.07, 6.45) is 6.66. The number of para-hydroxylation sites is 2. The van der Waals surface area contributed by atoms with Gasteiger partial charge < -0.3 is 4.57 Å². The molecule has 0 saturated heterocycles. The lowest BCUT2D eigenvalue weighted by atomic mass is 10.2. The molecule has 0 aliphatic heterocycles. The predicted octanol–water partition coefficient (Wildman–Crippen LogP) is 2.02. The predicted molar refractivity (Wildman–Crippen MR) is 68.0 cm³/mol. The van der Waals surface area contributed by atoms with Crippen LogP contribution >= 0.6 is 0 Å². The topological polar surface area (TPSA) is 63.1 Å². The summed E-state index contributed by atoms with van der Waals surface area (Å²) in [5.41, 5.74) is 1.35. The van der Waals surface area contributed by atoms with Gasteiger partial charge in [0.15, 0.2) is 0 Å². The maximum Gasteiger partial charge on any atom is 0.363 e. The Kier molecular flexibility index (Phi) is 3.76. The molecule has 1 aromatic heterocycles. The SMILES string of the molecule is C=CC[N]C(=O)[N]c1ccccc1-n1ccnc1. The van der Waals surface area contributed by atoms with Crippen LogP contribution in [-0.2, 0) is 0 Å². The first-order valence-electron chi connectivity index (χ1n) is 5.42. The van der Waals surface area contributed by atoms with Crippen molar-refractivity contribution >= 4 is 11.7 Å². The van der Waals surface area contributed by atoms with Crippen LogP contribution in [0.1, 0.15) is 0 Å². The van der Waals surface area contributed by atoms with Gasteiger partial charge >= 0.3 is 6.03 Å². The van der Waals surface area contributed by atoms with Crippen LogP contribution in [0.5, 0.6) is 0 Å². The molecule has 1 heterocycles. The van der Waals surface area contributed by atoms with Crippen molar-refractivity contribution in [2.24, 2.45) is 0 Å². The highest BCUT2D eigenvalue weighted by atomic mass is 16.2. The fourth-order valence-corrected chi connectivity index (χ4v) is 1.46. The smallest absolute Gasteiger partial charge is 0.304 e. The van der Waals surface area contributed by atoms with Crippen molar-refractivity contribution in [3.63, 3.8) is 0 Å². The standard InChI is InChI=1S/C13H12N4O/c1-2-7-15-13(18)16-11-5-3-4-6-12(11)17-9-8-14-10-17/h2-6,8-10H,1,7H2. The number of nitrogens with zero attached hydrogens (tertiary/aromatic N) is 4. The summed E-state index contributed by atoms with van der Waals surface area (Å²) < 4.78 is 1.79. The van der Waals surface area contributed by atoms with E-state index in [9.17, 15) is 4.79 Å². The maximum atomic E-state index is 11.5. The normalized spacial score (nSPS) is 9.78. The molecule has 5 nitrogen and oxygen atoms in total. The average Bonchev–Trinajstić information content (AvgIpc) is 2.91. The molecule has 90 valence electrons. The molecule has 0 unspecified atom stereocenters. The van der Waals surface area contributed by atoms with E-state index < -0.39 is 6.03 Å². The monoisotopic (exact) mass is 240 g/mol. The van der Waals surface area contributed by atoms with E-state index in [1.54, 1.807) is 35.4 Å². The van der Waals surface area contributed by atoms with E-state index in [4.69, 9.17) is 0 Å². The van der Waals surface area contributed by atoms with Gasteiger partial charge in [0.2, 0.25) is 0 Å². The van der Waals surface area contributed by atoms with Gasteiger partial charge in [-0.3, -0.25) is 0 Å². The number of carbonyl (C=O) groups is 1. The van der Waals surface area contributed by atoms with Crippen molar-refractivity contribution < 1.29 is 4.79 Å². The van der Waals surface area contributed by atoms with Crippen molar-refractivity contribution in [3.8, 4) is 5.69 Å². The fourth-order valence-electron chi connectivity index (χ4n) is 1.46. The van der Waals surface area contributed by atoms with Crippen LogP contribution in [0.15, 0.2) is 55.6 Å². The number of benzene rings is 1. The van der Waals surface area contributed by atoms with Crippen LogP contribution in [0.3, 0.4) is 0 Å². The first kappa shape index (κ1) is 11.9. The molecule has 0 bridgehead atoms. The summed E-state index contributed by atoms with van der Waals surface area (Å²) in [4.78, 5) is 15.5. The molecule has 0 saturated carbocycles. The third-order valence-corrected chi connectivity index (χ3v) is 2.24. The lowest BCUT2D eigenvalue weighted by molar-refractivity contribution is 0.244. The van der Waals surface area contributed by atoms with Gasteiger partial charge in [0, 0.05) is 12.4 Å². The van der Waals surface area contributed by atoms with Gasteiger partial charge in [0.05, 0.1) is 24.2 Å². The van der Waals surface area contributed by atoms with E-state index in [-0.39, 0.29) is 6.54 Å². The van der Waals surface area contributed by atoms with Gasteiger partial charge in [0.1, 0.15) is 0 Å². The van der Waals surface area contributed by atoms with Crippen molar-refractivity contribution in [2.75, 3.05) is 6.54 Å². The molecule has 2 aromatic rings. The molecule has 18 heavy (non-hydrogen) atoms. The van der Waals surface area contributed by atoms with E-state index in [0.29, 0.717) is 5.69 Å². The first-order chi connectivity index (χ1) is 8.81. The molecular weight excluding hydrogens is 228 g/mol. The Labute approximate surface area is 105 Å². The summed E-state index contributed by atoms with van der Waals surface area (Å²) >= 11 is 0. The van der Waals surface area contributed by atoms with Gasteiger partial charge in [-0.1, -0.05) is 18.2 Å². The largest absolute Gasteiger partial charge is 0.363 e. The van der Waals surface area contributed by atoms with Crippen molar-refractivity contribution in [3.05, 3.63) is 55.6 Å². The number of hydrogen-bond donors (Lipinski definition) is 0. The lowest BCUT2D eigenvalue weighted by Gasteiger charge is -2.08. The van der Waals surface area contributed by atoms with Crippen molar-refractivity contribution in [1.29, 1.82) is 0 Å². The molecule has 2 amide bonds. The van der Waals surface area contributed by atoms with Gasteiger partial charge in [-0.15, -0.1) is 6.58 Å². The minimum atomic E-state index is -0.512. The molecular formula is C13H12N4O. The second-order valence-electron chi connectivity index (χ2n) is 3.48. The number of rotatable bonds is 4. The van der Waals surface area contributed by atoms with Crippen LogP contribution in [-0.4, -0.2) is 22.1 Å². The zero-order valence-corrected chi connectivity index (χ0v) is 9.73. The number of imidazole rings is 1. The average molecular weight is 240 g/mol. The molecule has 2 radical (unpaired) electrons. The molecule has 0 aliphatic rings. The highest BCUT2D eigenvalue weighted by Crippen LogP contribution is 2.19. The van der Waals surface area contributed by atoms with E-state index in [1.807, 2.05) is 18.2 Å². The van der Waals surface area contributed by atoms with Gasteiger partial charge in [0.25, 0.3) is 0 Å². The Balaban J connectivity index is 2.18. The minimum absolute atomic E-state index is 0.273. The molecule has 0 N–H and O–H groups in total. The Morgan fingerprint density at radius 1 is 1.44 bits per heavy atom. The Morgan fingerprint density at radius 3 is 3.00 bits per heavy atom. The summed E-state index contributed by atoms with van der Waals surface area (Å²) in [6.45, 7) is 3.77. The molecule has 0 aliphatic carbocycles. The van der Waals surface area contributed by atoms with E-state index in [2.05, 4.69) is 22.2 Å². The highest BCUT2D eigenvalue weighted by Gasteiger charge is 2.09. The fraction of sp³-hybridized carbons (Fsp3) is 0.0769. The summed E-state index contributed by atoms with van der Waals surface area (Å²) in [7, 11) is 0. The Hall–Kier alpha value is -2.56. The minimum Gasteiger partial charge on any atom is -0.304 e.